The Kier molecular flexibility index (Phi) is 13.4. The second-order valence-corrected chi connectivity index (χ2v) is 32.2. The van der Waals surface area contributed by atoms with Gasteiger partial charge in [0.2, 0.25) is 0 Å². The maximum absolute atomic E-state index is 6.35. The lowest BCUT2D eigenvalue weighted by atomic mass is 10.0. The summed E-state index contributed by atoms with van der Waals surface area (Å²) in [7, 11) is 0. The molecule has 13 heterocycles. The van der Waals surface area contributed by atoms with Crippen LogP contribution in [0.1, 0.15) is 0 Å². The summed E-state index contributed by atoms with van der Waals surface area (Å²) < 4.78 is 33.1. The van der Waals surface area contributed by atoms with Crippen molar-refractivity contribution in [2.45, 2.75) is 0 Å². The van der Waals surface area contributed by atoms with Gasteiger partial charge in [0.05, 0.1) is 93.4 Å². The van der Waals surface area contributed by atoms with E-state index in [9.17, 15) is 0 Å². The molecule has 570 valence electrons. The quantitative estimate of drug-likeness (QED) is 0.162. The SMILES string of the molecule is c1ccc(-n2c3cc4c(cc3c3ccc5oc6ccccc6c5c32)c2ccccc2n2c3ccccc3nc42)cc1.c1ccc(-n2c3cc4c(cc3c3ccc5oc6ccccc6c5c32)c2ccccc2n2c3ccccc3nc42)cc1.c1ccc(-n2c3cc4c(cc3c3ccc5oc6ccccc6c5c32)c2cccnc2n2c3ccccc3nc42)cc1. The number of furan rings is 3. The van der Waals surface area contributed by atoms with Gasteiger partial charge in [-0.05, 0) is 204 Å². The van der Waals surface area contributed by atoms with Crippen LogP contribution < -0.4 is 0 Å². The van der Waals surface area contributed by atoms with Gasteiger partial charge in [0.15, 0.2) is 0 Å². The number of nitrogens with zero attached hydrogens (tertiary/aromatic N) is 10. The van der Waals surface area contributed by atoms with Crippen LogP contribution in [0.25, 0.3) is 263 Å². The molecule has 13 aromatic heterocycles. The van der Waals surface area contributed by atoms with E-state index in [0.717, 1.165) is 210 Å². The highest BCUT2D eigenvalue weighted by atomic mass is 16.3. The summed E-state index contributed by atoms with van der Waals surface area (Å²) in [6.07, 6.45) is 1.86. The van der Waals surface area contributed by atoms with Crippen molar-refractivity contribution in [1.29, 1.82) is 0 Å². The van der Waals surface area contributed by atoms with Gasteiger partial charge in [-0.25, -0.2) is 19.9 Å². The Morgan fingerprint density at radius 1 is 0.179 bits per heavy atom. The Morgan fingerprint density at radius 3 is 0.862 bits per heavy atom. The Balaban J connectivity index is 0.0000000946. The van der Waals surface area contributed by atoms with Crippen molar-refractivity contribution in [1.82, 2.24) is 46.8 Å². The second kappa shape index (κ2) is 24.8. The standard InChI is InChI=1S/2C37H21N3O.C36H20N4O/c2*1-2-10-22(11-3-1)39-32-21-28-26(23-12-4-7-15-30(23)40-31-16-8-6-14-29(31)38-37(28)40)20-27(32)24-18-19-34-35(36(24)39)25-13-5-9-17-33(25)41-34;1-2-9-21(10-3-1)39-30-20-27-25(23-12-8-18-37-35(23)40-29-14-6-5-13-28(29)38-36(27)40)19-26(30)22-16-17-32-33(34(22)39)24-11-4-7-15-31(24)41-32/h2*1-21H;1-20H. The topological polar surface area (TPSA) is 119 Å². The molecule has 0 aliphatic carbocycles. The van der Waals surface area contributed by atoms with Crippen molar-refractivity contribution in [3.05, 3.63) is 376 Å². The number of imidazole rings is 3. The lowest BCUT2D eigenvalue weighted by Crippen LogP contribution is -1.96. The summed E-state index contributed by atoms with van der Waals surface area (Å²) in [6, 6.07) is 131. The molecule has 0 saturated carbocycles. The van der Waals surface area contributed by atoms with Gasteiger partial charge >= 0.3 is 0 Å². The van der Waals surface area contributed by atoms with E-state index in [2.05, 4.69) is 361 Å². The number of benzene rings is 17. The lowest BCUT2D eigenvalue weighted by molar-refractivity contribution is 0.669. The summed E-state index contributed by atoms with van der Waals surface area (Å²) in [5.74, 6) is 0. The molecule has 0 saturated heterocycles. The van der Waals surface area contributed by atoms with Crippen LogP contribution in [0.15, 0.2) is 389 Å². The summed E-state index contributed by atoms with van der Waals surface area (Å²) in [5.41, 5.74) is 28.0. The van der Waals surface area contributed by atoms with E-state index in [-0.39, 0.29) is 0 Å². The van der Waals surface area contributed by atoms with Gasteiger partial charge in [-0.1, -0.05) is 182 Å². The normalized spacial score (nSPS) is 12.4. The number of fused-ring (bicyclic) bond motifs is 45. The predicted molar refractivity (Wildman–Crippen MR) is 506 cm³/mol. The Bertz CT molecular complexity index is 8970. The third kappa shape index (κ3) is 9.17. The van der Waals surface area contributed by atoms with E-state index in [1.54, 1.807) is 0 Å². The van der Waals surface area contributed by atoms with Gasteiger partial charge in [0.25, 0.3) is 0 Å². The van der Waals surface area contributed by atoms with Crippen molar-refractivity contribution in [3.8, 4) is 17.1 Å². The maximum Gasteiger partial charge on any atom is 0.147 e. The van der Waals surface area contributed by atoms with E-state index < -0.39 is 0 Å². The molecule has 0 aliphatic heterocycles. The molecule has 13 nitrogen and oxygen atoms in total. The molecule has 0 spiro atoms. The first-order chi connectivity index (χ1) is 61.0. The molecule has 0 unspecified atom stereocenters. The second-order valence-electron chi connectivity index (χ2n) is 32.2. The molecule has 0 atom stereocenters. The minimum Gasteiger partial charge on any atom is -0.456 e. The van der Waals surface area contributed by atoms with Gasteiger partial charge in [0, 0.05) is 104 Å². The molecule has 0 amide bonds. The van der Waals surface area contributed by atoms with E-state index in [4.69, 9.17) is 33.2 Å². The van der Waals surface area contributed by atoms with Crippen molar-refractivity contribution in [2.75, 3.05) is 0 Å². The highest BCUT2D eigenvalue weighted by Gasteiger charge is 2.28. The first-order valence-electron chi connectivity index (χ1n) is 41.6. The smallest absolute Gasteiger partial charge is 0.147 e. The molecule has 0 fully saturated rings. The fourth-order valence-corrected chi connectivity index (χ4v) is 20.7. The Labute approximate surface area is 695 Å². The van der Waals surface area contributed by atoms with Gasteiger partial charge in [-0.3, -0.25) is 13.2 Å². The van der Waals surface area contributed by atoms with Crippen molar-refractivity contribution in [2.24, 2.45) is 0 Å². The fourth-order valence-electron chi connectivity index (χ4n) is 20.7. The van der Waals surface area contributed by atoms with Gasteiger partial charge < -0.3 is 27.0 Å². The monoisotopic (exact) mass is 1570 g/mol. The van der Waals surface area contributed by atoms with Crippen LogP contribution in [0.3, 0.4) is 0 Å². The van der Waals surface area contributed by atoms with E-state index in [1.807, 2.05) is 42.6 Å². The van der Waals surface area contributed by atoms with Crippen molar-refractivity contribution >= 4 is 246 Å². The highest BCUT2D eigenvalue weighted by molar-refractivity contribution is 6.32. The van der Waals surface area contributed by atoms with E-state index in [1.165, 1.54) is 53.9 Å². The number of hydrogen-bond donors (Lipinski definition) is 0. The van der Waals surface area contributed by atoms with E-state index >= 15 is 0 Å². The number of para-hydroxylation sites is 14. The fraction of sp³-hybridized carbons (Fsp3) is 0. The Morgan fingerprint density at radius 2 is 0.480 bits per heavy atom. The van der Waals surface area contributed by atoms with Crippen LogP contribution in [-0.4, -0.2) is 46.8 Å². The largest absolute Gasteiger partial charge is 0.456 e. The van der Waals surface area contributed by atoms with Gasteiger partial charge in [-0.2, -0.15) is 0 Å². The van der Waals surface area contributed by atoms with Crippen molar-refractivity contribution < 1.29 is 13.3 Å². The summed E-state index contributed by atoms with van der Waals surface area (Å²) >= 11 is 0. The first-order valence-corrected chi connectivity index (χ1v) is 41.6. The third-order valence-corrected chi connectivity index (χ3v) is 25.8. The summed E-state index contributed by atoms with van der Waals surface area (Å²) in [4.78, 5) is 20.3. The molecule has 0 bridgehead atoms. The maximum atomic E-state index is 6.35. The molecule has 30 aromatic rings. The molecular formula is C110H62N10O3. The number of aromatic nitrogens is 10. The van der Waals surface area contributed by atoms with Crippen LogP contribution >= 0.6 is 0 Å². The first kappa shape index (κ1) is 66.2. The lowest BCUT2D eigenvalue weighted by Gasteiger charge is -2.11. The van der Waals surface area contributed by atoms with Crippen LogP contribution in [0.2, 0.25) is 0 Å². The zero-order valence-electron chi connectivity index (χ0n) is 65.5. The molecule has 123 heavy (non-hydrogen) atoms. The zero-order valence-corrected chi connectivity index (χ0v) is 65.5. The number of rotatable bonds is 3. The van der Waals surface area contributed by atoms with E-state index in [0.29, 0.717) is 0 Å². The molecule has 0 aliphatic rings. The zero-order chi connectivity index (χ0) is 80.0. The van der Waals surface area contributed by atoms with Crippen LogP contribution in [0, 0.1) is 0 Å². The number of pyridine rings is 4. The molecular weight excluding hydrogens is 1510 g/mol. The highest BCUT2D eigenvalue weighted by Crippen LogP contribution is 2.49. The molecule has 0 N–H and O–H groups in total. The molecule has 17 aromatic carbocycles. The van der Waals surface area contributed by atoms with Crippen LogP contribution in [-0.2, 0) is 0 Å². The summed E-state index contributed by atoms with van der Waals surface area (Å²) in [6.45, 7) is 0. The molecule has 13 heteroatoms. The van der Waals surface area contributed by atoms with Gasteiger partial charge in [-0.15, -0.1) is 0 Å². The van der Waals surface area contributed by atoms with Crippen molar-refractivity contribution in [3.63, 3.8) is 0 Å². The Hall–Kier alpha value is -16.9. The summed E-state index contributed by atoms with van der Waals surface area (Å²) in [5, 5.41) is 24.5. The minimum atomic E-state index is 0.889. The van der Waals surface area contributed by atoms with Crippen LogP contribution in [0.5, 0.6) is 0 Å². The average Bonchev–Trinajstić information content (AvgIpc) is 1.55. The molecule has 30 rings (SSSR count). The minimum absolute atomic E-state index is 0.889. The molecule has 0 radical (unpaired) electrons. The third-order valence-electron chi connectivity index (χ3n) is 25.8. The predicted octanol–water partition coefficient (Wildman–Crippen LogP) is 28.8. The van der Waals surface area contributed by atoms with Crippen LogP contribution in [0.4, 0.5) is 0 Å². The average molecular weight is 1570 g/mol. The number of hydrogen-bond acceptors (Lipinski definition) is 7. The van der Waals surface area contributed by atoms with Gasteiger partial charge in [0.1, 0.15) is 56.1 Å².